The quantitative estimate of drug-likeness (QED) is 0.315. The van der Waals surface area contributed by atoms with Crippen LogP contribution in [0.2, 0.25) is 0 Å². The monoisotopic (exact) mass is 483 g/mol. The topological polar surface area (TPSA) is 84.0 Å². The van der Waals surface area contributed by atoms with Crippen molar-refractivity contribution in [3.63, 3.8) is 0 Å². The van der Waals surface area contributed by atoms with Crippen molar-refractivity contribution in [2.45, 2.75) is 44.1 Å². The van der Waals surface area contributed by atoms with Crippen LogP contribution < -0.4 is 20.9 Å². The molecule has 0 aliphatic heterocycles. The van der Waals surface area contributed by atoms with Crippen molar-refractivity contribution >= 4 is 28.1 Å². The Balaban J connectivity index is 1.34. The number of H-pyrrole nitrogens is 1. The Labute approximate surface area is 198 Å². The second-order valence-corrected chi connectivity index (χ2v) is 8.57. The Hall–Kier alpha value is -3.95. The molecule has 2 aromatic carbocycles. The number of hydrogen-bond acceptors (Lipinski definition) is 5. The highest BCUT2D eigenvalue weighted by Gasteiger charge is 2.31. The lowest BCUT2D eigenvalue weighted by Gasteiger charge is -2.30. The zero-order valence-electron chi connectivity index (χ0n) is 18.7. The number of anilines is 3. The van der Waals surface area contributed by atoms with E-state index in [2.05, 4.69) is 32.5 Å². The predicted octanol–water partition coefficient (Wildman–Crippen LogP) is 5.96. The maximum atomic E-state index is 12.6. The third kappa shape index (κ3) is 5.26. The highest BCUT2D eigenvalue weighted by molar-refractivity contribution is 5.91. The second kappa shape index (κ2) is 9.36. The molecule has 0 unspecified atom stereocenters. The first-order valence-electron chi connectivity index (χ1n) is 11.4. The fraction of sp³-hybridized carbons (Fsp3) is 0.280. The zero-order chi connectivity index (χ0) is 24.4. The van der Waals surface area contributed by atoms with Crippen LogP contribution in [0.5, 0.6) is 5.75 Å². The highest BCUT2D eigenvalue weighted by Crippen LogP contribution is 2.34. The van der Waals surface area contributed by atoms with E-state index < -0.39 is 6.36 Å². The summed E-state index contributed by atoms with van der Waals surface area (Å²) < 4.78 is 43.1. The standard InChI is InChI=1S/C25H24F3N5O2/c26-25(27,28)35-20-12-8-18(9-13-20)31-23-22-21(14-15-29-24(22)34)33(32-23)19-10-6-17(7-11-19)30-16-4-2-1-3-5-16/h1-5,8-9,12-15,17,19,30H,6-7,10-11H2,(H,29,34)(H,31,32). The molecule has 1 aliphatic rings. The number of ether oxygens (including phenoxy) is 1. The van der Waals surface area contributed by atoms with Gasteiger partial charge in [0.15, 0.2) is 5.82 Å². The number of alkyl halides is 3. The first-order chi connectivity index (χ1) is 16.9. The SMILES string of the molecule is O=c1[nH]ccc2c1c(Nc1ccc(OC(F)(F)F)cc1)nn2C1CCC(Nc2ccccc2)CC1. The van der Waals surface area contributed by atoms with E-state index in [1.54, 1.807) is 6.20 Å². The summed E-state index contributed by atoms with van der Waals surface area (Å²) in [6, 6.07) is 17.7. The highest BCUT2D eigenvalue weighted by atomic mass is 19.4. The third-order valence-electron chi connectivity index (χ3n) is 6.17. The van der Waals surface area contributed by atoms with Crippen LogP contribution in [0.25, 0.3) is 10.9 Å². The summed E-state index contributed by atoms with van der Waals surface area (Å²) in [5.74, 6) is 0.0352. The van der Waals surface area contributed by atoms with Gasteiger partial charge in [-0.25, -0.2) is 0 Å². The largest absolute Gasteiger partial charge is 0.573 e. The van der Waals surface area contributed by atoms with Gasteiger partial charge in [0.2, 0.25) is 0 Å². The van der Waals surface area contributed by atoms with Gasteiger partial charge in [-0.1, -0.05) is 18.2 Å². The molecular weight excluding hydrogens is 459 g/mol. The summed E-state index contributed by atoms with van der Waals surface area (Å²) in [7, 11) is 0. The van der Waals surface area contributed by atoms with Gasteiger partial charge in [0.05, 0.1) is 11.6 Å². The molecule has 182 valence electrons. The minimum atomic E-state index is -4.76. The number of halogens is 3. The van der Waals surface area contributed by atoms with Crippen molar-refractivity contribution in [3.05, 3.63) is 77.2 Å². The van der Waals surface area contributed by atoms with Gasteiger partial charge in [-0.05, 0) is 68.1 Å². The van der Waals surface area contributed by atoms with E-state index in [0.29, 0.717) is 28.5 Å². The van der Waals surface area contributed by atoms with Crippen LogP contribution in [-0.4, -0.2) is 27.2 Å². The maximum Gasteiger partial charge on any atom is 0.573 e. The molecule has 5 rings (SSSR count). The normalized spacial score (nSPS) is 18.4. The van der Waals surface area contributed by atoms with Gasteiger partial charge in [0.1, 0.15) is 11.1 Å². The van der Waals surface area contributed by atoms with E-state index in [4.69, 9.17) is 5.10 Å². The zero-order valence-corrected chi connectivity index (χ0v) is 18.7. The number of para-hydroxylation sites is 1. The number of fused-ring (bicyclic) bond motifs is 1. The van der Waals surface area contributed by atoms with Crippen LogP contribution in [-0.2, 0) is 0 Å². The molecule has 1 fully saturated rings. The first-order valence-corrected chi connectivity index (χ1v) is 11.4. The average molecular weight is 483 g/mol. The fourth-order valence-corrected chi connectivity index (χ4v) is 4.58. The van der Waals surface area contributed by atoms with Gasteiger partial charge in [-0.2, -0.15) is 5.10 Å². The molecular formula is C25H24F3N5O2. The average Bonchev–Trinajstić information content (AvgIpc) is 3.20. The molecule has 10 heteroatoms. The first kappa shape index (κ1) is 22.8. The van der Waals surface area contributed by atoms with Crippen molar-refractivity contribution in [2.75, 3.05) is 10.6 Å². The number of hydrogen-bond donors (Lipinski definition) is 3. The molecule has 0 amide bonds. The Kier molecular flexibility index (Phi) is 6.10. The Bertz CT molecular complexity index is 1340. The van der Waals surface area contributed by atoms with Crippen LogP contribution >= 0.6 is 0 Å². The van der Waals surface area contributed by atoms with Gasteiger partial charge >= 0.3 is 6.36 Å². The summed E-state index contributed by atoms with van der Waals surface area (Å²) >= 11 is 0. The van der Waals surface area contributed by atoms with E-state index in [1.807, 2.05) is 28.9 Å². The molecule has 0 bridgehead atoms. The van der Waals surface area contributed by atoms with Crippen molar-refractivity contribution in [1.29, 1.82) is 0 Å². The van der Waals surface area contributed by atoms with E-state index in [9.17, 15) is 18.0 Å². The number of nitrogens with one attached hydrogen (secondary N) is 3. The Morgan fingerprint density at radius 2 is 1.66 bits per heavy atom. The van der Waals surface area contributed by atoms with Gasteiger partial charge in [0, 0.05) is 23.6 Å². The van der Waals surface area contributed by atoms with Gasteiger partial charge < -0.3 is 20.4 Å². The minimum Gasteiger partial charge on any atom is -0.406 e. The fourth-order valence-electron chi connectivity index (χ4n) is 4.58. The number of aromatic amines is 1. The number of pyridine rings is 1. The molecule has 0 atom stereocenters. The number of benzene rings is 2. The van der Waals surface area contributed by atoms with Crippen molar-refractivity contribution in [3.8, 4) is 5.75 Å². The molecule has 35 heavy (non-hydrogen) atoms. The lowest BCUT2D eigenvalue weighted by Crippen LogP contribution is -2.27. The minimum absolute atomic E-state index is 0.131. The number of nitrogens with zero attached hydrogens (tertiary/aromatic N) is 2. The molecule has 1 saturated carbocycles. The molecule has 0 saturated heterocycles. The lowest BCUT2D eigenvalue weighted by molar-refractivity contribution is -0.274. The Morgan fingerprint density at radius 1 is 0.943 bits per heavy atom. The van der Waals surface area contributed by atoms with E-state index in [0.717, 1.165) is 31.4 Å². The van der Waals surface area contributed by atoms with Crippen LogP contribution in [0.15, 0.2) is 71.7 Å². The van der Waals surface area contributed by atoms with E-state index in [1.165, 1.54) is 24.3 Å². The molecule has 4 aromatic rings. The lowest BCUT2D eigenvalue weighted by atomic mass is 9.91. The van der Waals surface area contributed by atoms with Crippen LogP contribution in [0.1, 0.15) is 31.7 Å². The molecule has 7 nitrogen and oxygen atoms in total. The van der Waals surface area contributed by atoms with Crippen LogP contribution in [0.4, 0.5) is 30.4 Å². The van der Waals surface area contributed by atoms with Crippen molar-refractivity contribution in [1.82, 2.24) is 14.8 Å². The van der Waals surface area contributed by atoms with Crippen LogP contribution in [0.3, 0.4) is 0 Å². The smallest absolute Gasteiger partial charge is 0.406 e. The van der Waals surface area contributed by atoms with Gasteiger partial charge in [0.25, 0.3) is 5.56 Å². The molecule has 2 aromatic heterocycles. The summed E-state index contributed by atoms with van der Waals surface area (Å²) in [6.45, 7) is 0. The maximum absolute atomic E-state index is 12.6. The Morgan fingerprint density at radius 3 is 2.34 bits per heavy atom. The summed E-state index contributed by atoms with van der Waals surface area (Å²) in [4.78, 5) is 15.3. The summed E-state index contributed by atoms with van der Waals surface area (Å²) in [5.41, 5.74) is 2.02. The van der Waals surface area contributed by atoms with E-state index in [-0.39, 0.29) is 17.4 Å². The van der Waals surface area contributed by atoms with E-state index >= 15 is 0 Å². The number of rotatable bonds is 6. The summed E-state index contributed by atoms with van der Waals surface area (Å²) in [6.07, 6.45) is 0.570. The van der Waals surface area contributed by atoms with Crippen LogP contribution in [0, 0.1) is 0 Å². The summed E-state index contributed by atoms with van der Waals surface area (Å²) in [5, 5.41) is 11.8. The third-order valence-corrected chi connectivity index (χ3v) is 6.17. The second-order valence-electron chi connectivity index (χ2n) is 8.57. The molecule has 0 radical (unpaired) electrons. The predicted molar refractivity (Wildman–Crippen MR) is 128 cm³/mol. The molecule has 0 spiro atoms. The van der Waals surface area contributed by atoms with Crippen molar-refractivity contribution < 1.29 is 17.9 Å². The van der Waals surface area contributed by atoms with Crippen molar-refractivity contribution in [2.24, 2.45) is 0 Å². The molecule has 2 heterocycles. The van der Waals surface area contributed by atoms with Gasteiger partial charge in [-0.3, -0.25) is 9.48 Å². The molecule has 3 N–H and O–H groups in total. The van der Waals surface area contributed by atoms with Gasteiger partial charge in [-0.15, -0.1) is 13.2 Å². The number of aromatic nitrogens is 3. The molecule has 1 aliphatic carbocycles.